The molecule has 0 heterocycles. The first-order valence-corrected chi connectivity index (χ1v) is 9.81. The van der Waals surface area contributed by atoms with Gasteiger partial charge >= 0.3 is 5.97 Å². The van der Waals surface area contributed by atoms with Gasteiger partial charge in [-0.25, -0.2) is 4.79 Å². The van der Waals surface area contributed by atoms with E-state index in [4.69, 9.17) is 21.1 Å². The van der Waals surface area contributed by atoms with Gasteiger partial charge in [-0.2, -0.15) is 0 Å². The number of ether oxygens (including phenoxy) is 2. The van der Waals surface area contributed by atoms with Gasteiger partial charge in [0.1, 0.15) is 5.75 Å². The minimum Gasteiger partial charge on any atom is -0.497 e. The number of benzene rings is 3. The van der Waals surface area contributed by atoms with Gasteiger partial charge in [0.05, 0.1) is 12.7 Å². The molecule has 3 rings (SSSR count). The number of hydrogen-bond donors (Lipinski definition) is 1. The Labute approximate surface area is 184 Å². The smallest absolute Gasteiger partial charge is 0.338 e. The van der Waals surface area contributed by atoms with Gasteiger partial charge in [0, 0.05) is 21.8 Å². The maximum absolute atomic E-state index is 12.5. The Hall–Kier alpha value is -3.64. The standard InChI is InChI=1S/C24H20ClNO5/c1-15(22(27)16-6-3-9-19(25)12-16)31-24(29)18-8-4-10-20(13-18)26-23(28)17-7-5-11-21(14-17)30-2/h3-15H,1-2H3,(H,26,28)/t15-/m1/s1. The highest BCUT2D eigenvalue weighted by Crippen LogP contribution is 2.18. The Morgan fingerprint density at radius 2 is 1.55 bits per heavy atom. The van der Waals surface area contributed by atoms with Gasteiger partial charge in [0.25, 0.3) is 5.91 Å². The van der Waals surface area contributed by atoms with Gasteiger partial charge in [-0.15, -0.1) is 0 Å². The van der Waals surface area contributed by atoms with E-state index in [-0.39, 0.29) is 17.3 Å². The highest BCUT2D eigenvalue weighted by atomic mass is 35.5. The molecular weight excluding hydrogens is 418 g/mol. The number of methoxy groups -OCH3 is 1. The number of rotatable bonds is 7. The summed E-state index contributed by atoms with van der Waals surface area (Å²) in [5.74, 6) is -0.837. The highest BCUT2D eigenvalue weighted by molar-refractivity contribution is 6.31. The zero-order valence-electron chi connectivity index (χ0n) is 16.9. The van der Waals surface area contributed by atoms with Crippen LogP contribution in [-0.4, -0.2) is 30.9 Å². The second-order valence-corrected chi connectivity index (χ2v) is 7.13. The molecule has 0 bridgehead atoms. The number of carbonyl (C=O) groups excluding carboxylic acids is 3. The fraction of sp³-hybridized carbons (Fsp3) is 0.125. The molecule has 158 valence electrons. The number of ketones is 1. The molecule has 0 aliphatic carbocycles. The second-order valence-electron chi connectivity index (χ2n) is 6.69. The van der Waals surface area contributed by atoms with E-state index >= 15 is 0 Å². The summed E-state index contributed by atoms with van der Waals surface area (Å²) in [5, 5.41) is 3.15. The molecule has 3 aromatic carbocycles. The van der Waals surface area contributed by atoms with Crippen molar-refractivity contribution in [2.45, 2.75) is 13.0 Å². The molecule has 0 aromatic heterocycles. The largest absolute Gasteiger partial charge is 0.497 e. The first kappa shape index (κ1) is 22.1. The lowest BCUT2D eigenvalue weighted by Gasteiger charge is -2.13. The van der Waals surface area contributed by atoms with Gasteiger partial charge in [-0.05, 0) is 55.5 Å². The molecule has 0 fully saturated rings. The number of hydrogen-bond acceptors (Lipinski definition) is 5. The Balaban J connectivity index is 1.68. The average molecular weight is 438 g/mol. The number of esters is 1. The lowest BCUT2D eigenvalue weighted by Crippen LogP contribution is -2.24. The molecule has 1 amide bonds. The quantitative estimate of drug-likeness (QED) is 0.414. The van der Waals surface area contributed by atoms with E-state index in [0.717, 1.165) is 0 Å². The predicted molar refractivity (Wildman–Crippen MR) is 118 cm³/mol. The lowest BCUT2D eigenvalue weighted by molar-refractivity contribution is 0.0319. The second kappa shape index (κ2) is 9.91. The van der Waals surface area contributed by atoms with Crippen molar-refractivity contribution in [3.05, 3.63) is 94.5 Å². The van der Waals surface area contributed by atoms with Crippen LogP contribution in [0.25, 0.3) is 0 Å². The molecule has 0 aliphatic heterocycles. The van der Waals surface area contributed by atoms with Crippen LogP contribution in [-0.2, 0) is 4.74 Å². The van der Waals surface area contributed by atoms with E-state index in [9.17, 15) is 14.4 Å². The summed E-state index contributed by atoms with van der Waals surface area (Å²) < 4.78 is 10.4. The fourth-order valence-electron chi connectivity index (χ4n) is 2.85. The third-order valence-corrected chi connectivity index (χ3v) is 4.69. The molecule has 7 heteroatoms. The minimum atomic E-state index is -0.999. The Morgan fingerprint density at radius 3 is 2.29 bits per heavy atom. The summed E-state index contributed by atoms with van der Waals surface area (Å²) in [6.45, 7) is 1.50. The molecule has 0 saturated carbocycles. The van der Waals surface area contributed by atoms with E-state index in [0.29, 0.717) is 27.6 Å². The van der Waals surface area contributed by atoms with Gasteiger partial charge in [-0.1, -0.05) is 35.9 Å². The van der Waals surface area contributed by atoms with Crippen molar-refractivity contribution >= 4 is 34.9 Å². The monoisotopic (exact) mass is 437 g/mol. The molecule has 31 heavy (non-hydrogen) atoms. The fourth-order valence-corrected chi connectivity index (χ4v) is 3.04. The molecule has 6 nitrogen and oxygen atoms in total. The normalized spacial score (nSPS) is 11.3. The van der Waals surface area contributed by atoms with E-state index in [2.05, 4.69) is 5.32 Å². The highest BCUT2D eigenvalue weighted by Gasteiger charge is 2.21. The Morgan fingerprint density at radius 1 is 0.871 bits per heavy atom. The SMILES string of the molecule is COc1cccc(C(=O)Nc2cccc(C(=O)O[C@H](C)C(=O)c3cccc(Cl)c3)c2)c1. The number of anilines is 1. The zero-order valence-corrected chi connectivity index (χ0v) is 17.7. The van der Waals surface area contributed by atoms with E-state index in [1.54, 1.807) is 60.7 Å². The molecule has 0 unspecified atom stereocenters. The minimum absolute atomic E-state index is 0.203. The summed E-state index contributed by atoms with van der Waals surface area (Å²) in [7, 11) is 1.52. The van der Waals surface area contributed by atoms with Crippen LogP contribution in [0, 0.1) is 0 Å². The zero-order chi connectivity index (χ0) is 22.4. The molecule has 0 radical (unpaired) electrons. The van der Waals surface area contributed by atoms with Crippen molar-refractivity contribution in [1.82, 2.24) is 0 Å². The van der Waals surface area contributed by atoms with E-state index < -0.39 is 12.1 Å². The summed E-state index contributed by atoms with van der Waals surface area (Å²) in [4.78, 5) is 37.5. The van der Waals surface area contributed by atoms with Gasteiger partial charge in [0.2, 0.25) is 5.78 Å². The van der Waals surface area contributed by atoms with Crippen molar-refractivity contribution in [2.75, 3.05) is 12.4 Å². The average Bonchev–Trinajstić information content (AvgIpc) is 2.78. The van der Waals surface area contributed by atoms with Crippen molar-refractivity contribution in [3.63, 3.8) is 0 Å². The van der Waals surface area contributed by atoms with Gasteiger partial charge in [0.15, 0.2) is 6.10 Å². The van der Waals surface area contributed by atoms with Crippen LogP contribution >= 0.6 is 11.6 Å². The van der Waals surface area contributed by atoms with E-state index in [1.165, 1.54) is 26.2 Å². The topological polar surface area (TPSA) is 81.7 Å². The first-order chi connectivity index (χ1) is 14.9. The molecular formula is C24H20ClNO5. The lowest BCUT2D eigenvalue weighted by atomic mass is 10.1. The molecule has 0 spiro atoms. The molecule has 0 saturated heterocycles. The van der Waals surface area contributed by atoms with Crippen LogP contribution in [0.2, 0.25) is 5.02 Å². The Bertz CT molecular complexity index is 1130. The number of amides is 1. The number of carbonyl (C=O) groups is 3. The van der Waals surface area contributed by atoms with Crippen LogP contribution in [0.1, 0.15) is 38.0 Å². The third-order valence-electron chi connectivity index (χ3n) is 4.45. The van der Waals surface area contributed by atoms with Crippen molar-refractivity contribution < 1.29 is 23.9 Å². The molecule has 1 N–H and O–H groups in total. The predicted octanol–water partition coefficient (Wildman–Crippen LogP) is 5.03. The summed E-state index contributed by atoms with van der Waals surface area (Å²) in [5.41, 5.74) is 1.38. The van der Waals surface area contributed by atoms with Crippen LogP contribution in [0.3, 0.4) is 0 Å². The van der Waals surface area contributed by atoms with Crippen molar-refractivity contribution in [1.29, 1.82) is 0 Å². The maximum Gasteiger partial charge on any atom is 0.338 e. The van der Waals surface area contributed by atoms with Crippen LogP contribution in [0.4, 0.5) is 5.69 Å². The number of nitrogens with one attached hydrogen (secondary N) is 1. The Kier molecular flexibility index (Phi) is 7.05. The number of Topliss-reactive ketones (excluding diaryl/α,β-unsaturated/α-hetero) is 1. The van der Waals surface area contributed by atoms with Crippen LogP contribution < -0.4 is 10.1 Å². The summed E-state index contributed by atoms with van der Waals surface area (Å²) >= 11 is 5.91. The molecule has 3 aromatic rings. The molecule has 1 atom stereocenters. The van der Waals surface area contributed by atoms with E-state index in [1.807, 2.05) is 0 Å². The summed E-state index contributed by atoms with van der Waals surface area (Å²) in [6, 6.07) is 19.4. The van der Waals surface area contributed by atoms with Gasteiger partial charge < -0.3 is 14.8 Å². The van der Waals surface area contributed by atoms with Crippen LogP contribution in [0.5, 0.6) is 5.75 Å². The van der Waals surface area contributed by atoms with Gasteiger partial charge in [-0.3, -0.25) is 9.59 Å². The first-order valence-electron chi connectivity index (χ1n) is 9.43. The van der Waals surface area contributed by atoms with Crippen molar-refractivity contribution in [2.24, 2.45) is 0 Å². The third kappa shape index (κ3) is 5.71. The maximum atomic E-state index is 12.5. The summed E-state index contributed by atoms with van der Waals surface area (Å²) in [6.07, 6.45) is -0.999. The number of halogens is 1. The van der Waals surface area contributed by atoms with Crippen molar-refractivity contribution in [3.8, 4) is 5.75 Å². The van der Waals surface area contributed by atoms with Crippen LogP contribution in [0.15, 0.2) is 72.8 Å². The molecule has 0 aliphatic rings.